The van der Waals surface area contributed by atoms with Crippen molar-refractivity contribution in [2.75, 3.05) is 0 Å². The van der Waals surface area contributed by atoms with E-state index in [0.717, 1.165) is 24.1 Å². The van der Waals surface area contributed by atoms with Gasteiger partial charge in [-0.25, -0.2) is 0 Å². The summed E-state index contributed by atoms with van der Waals surface area (Å²) in [5, 5.41) is 10.7. The van der Waals surface area contributed by atoms with Gasteiger partial charge in [-0.15, -0.1) is 0 Å². The summed E-state index contributed by atoms with van der Waals surface area (Å²) < 4.78 is 0. The third-order valence-corrected chi connectivity index (χ3v) is 3.87. The van der Waals surface area contributed by atoms with E-state index in [4.69, 9.17) is 5.73 Å². The van der Waals surface area contributed by atoms with Gasteiger partial charge in [-0.2, -0.15) is 0 Å². The Labute approximate surface area is 85.9 Å². The van der Waals surface area contributed by atoms with Gasteiger partial charge in [0.05, 0.1) is 4.92 Å². The Kier molecular flexibility index (Phi) is 2.52. The zero-order chi connectivity index (χ0) is 10.1. The molecule has 1 fully saturated rings. The monoisotopic (exact) mass is 212 g/mol. The van der Waals surface area contributed by atoms with Crippen molar-refractivity contribution in [3.8, 4) is 0 Å². The van der Waals surface area contributed by atoms with Crippen LogP contribution >= 0.6 is 11.3 Å². The Balaban J connectivity index is 2.13. The van der Waals surface area contributed by atoms with Crippen LogP contribution in [0.3, 0.4) is 0 Å². The summed E-state index contributed by atoms with van der Waals surface area (Å²) in [6.07, 6.45) is 3.08. The van der Waals surface area contributed by atoms with Crippen molar-refractivity contribution in [3.63, 3.8) is 0 Å². The first-order valence-electron chi connectivity index (χ1n) is 4.66. The van der Waals surface area contributed by atoms with Crippen molar-refractivity contribution in [3.05, 3.63) is 27.1 Å². The van der Waals surface area contributed by atoms with Crippen LogP contribution in [0.1, 0.15) is 30.1 Å². The van der Waals surface area contributed by atoms with Gasteiger partial charge in [0.25, 0.3) is 0 Å². The molecule has 0 spiro atoms. The molecule has 0 saturated heterocycles. The quantitative estimate of drug-likeness (QED) is 0.603. The van der Waals surface area contributed by atoms with Crippen LogP contribution in [0.5, 0.6) is 0 Å². The molecule has 1 aliphatic carbocycles. The molecule has 1 aromatic rings. The highest BCUT2D eigenvalue weighted by molar-refractivity contribution is 7.15. The zero-order valence-electron chi connectivity index (χ0n) is 7.68. The average molecular weight is 212 g/mol. The van der Waals surface area contributed by atoms with Crippen molar-refractivity contribution < 1.29 is 4.92 Å². The minimum absolute atomic E-state index is 0.237. The van der Waals surface area contributed by atoms with Crippen molar-refractivity contribution >= 4 is 16.3 Å². The first kappa shape index (κ1) is 9.61. The molecule has 2 rings (SSSR count). The van der Waals surface area contributed by atoms with Gasteiger partial charge in [0.15, 0.2) is 0 Å². The van der Waals surface area contributed by atoms with Gasteiger partial charge < -0.3 is 5.73 Å². The van der Waals surface area contributed by atoms with Gasteiger partial charge in [0, 0.05) is 17.0 Å². The molecule has 5 heteroatoms. The third kappa shape index (κ3) is 1.78. The molecule has 1 heterocycles. The van der Waals surface area contributed by atoms with Crippen molar-refractivity contribution in [1.82, 2.24) is 0 Å². The molecule has 0 amide bonds. The molecule has 0 aliphatic heterocycles. The molecule has 2 N–H and O–H groups in total. The maximum Gasteiger partial charge on any atom is 0.324 e. The van der Waals surface area contributed by atoms with Crippen LogP contribution in [0.25, 0.3) is 0 Å². The number of nitrogens with zero attached hydrogens (tertiary/aromatic N) is 1. The lowest BCUT2D eigenvalue weighted by molar-refractivity contribution is -0.380. The summed E-state index contributed by atoms with van der Waals surface area (Å²) in [7, 11) is 0. The number of thiophene rings is 1. The Morgan fingerprint density at radius 2 is 2.29 bits per heavy atom. The van der Waals surface area contributed by atoms with Gasteiger partial charge in [-0.3, -0.25) is 10.1 Å². The van der Waals surface area contributed by atoms with Crippen LogP contribution in [0.2, 0.25) is 0 Å². The minimum atomic E-state index is -0.330. The van der Waals surface area contributed by atoms with Gasteiger partial charge in [0.1, 0.15) is 0 Å². The number of hydrogen-bond acceptors (Lipinski definition) is 4. The highest BCUT2D eigenvalue weighted by Gasteiger charge is 2.25. The lowest BCUT2D eigenvalue weighted by atomic mass is 10.1. The molecule has 1 saturated carbocycles. The molecule has 4 nitrogen and oxygen atoms in total. The standard InChI is InChI=1S/C9H12N2O2S/c10-7-2-1-6(5-7)8-3-4-9(14-8)11(12)13/h3-4,6-7H,1-2,5,10H2. The normalized spacial score (nSPS) is 26.6. The second-order valence-corrected chi connectivity index (χ2v) is 4.80. The van der Waals surface area contributed by atoms with E-state index in [2.05, 4.69) is 0 Å². The van der Waals surface area contributed by atoms with Crippen molar-refractivity contribution in [2.45, 2.75) is 31.2 Å². The van der Waals surface area contributed by atoms with E-state index >= 15 is 0 Å². The molecule has 0 aromatic carbocycles. The largest absolute Gasteiger partial charge is 0.328 e. The summed E-state index contributed by atoms with van der Waals surface area (Å²) in [4.78, 5) is 11.3. The number of nitrogens with two attached hydrogens (primary N) is 1. The fourth-order valence-electron chi connectivity index (χ4n) is 1.93. The van der Waals surface area contributed by atoms with Crippen molar-refractivity contribution in [1.29, 1.82) is 0 Å². The Hall–Kier alpha value is -0.940. The molecule has 2 unspecified atom stereocenters. The summed E-state index contributed by atoms with van der Waals surface area (Å²) in [5.41, 5.74) is 5.80. The molecule has 0 radical (unpaired) electrons. The third-order valence-electron chi connectivity index (χ3n) is 2.67. The number of hydrogen-bond donors (Lipinski definition) is 1. The Morgan fingerprint density at radius 3 is 2.79 bits per heavy atom. The molecule has 1 aliphatic rings. The summed E-state index contributed by atoms with van der Waals surface area (Å²) >= 11 is 1.29. The first-order valence-corrected chi connectivity index (χ1v) is 5.48. The van der Waals surface area contributed by atoms with Crippen LogP contribution in [0.4, 0.5) is 5.00 Å². The van der Waals surface area contributed by atoms with E-state index in [1.165, 1.54) is 11.3 Å². The Morgan fingerprint density at radius 1 is 1.50 bits per heavy atom. The van der Waals surface area contributed by atoms with Crippen molar-refractivity contribution in [2.24, 2.45) is 5.73 Å². The van der Waals surface area contributed by atoms with Crippen LogP contribution in [0.15, 0.2) is 12.1 Å². The highest BCUT2D eigenvalue weighted by Crippen LogP contribution is 2.39. The second-order valence-electron chi connectivity index (χ2n) is 3.70. The average Bonchev–Trinajstić information content (AvgIpc) is 2.70. The maximum atomic E-state index is 10.5. The smallest absolute Gasteiger partial charge is 0.324 e. The lowest BCUT2D eigenvalue weighted by Crippen LogP contribution is -2.14. The van der Waals surface area contributed by atoms with Crippen LogP contribution in [-0.4, -0.2) is 11.0 Å². The van der Waals surface area contributed by atoms with Gasteiger partial charge in [0.2, 0.25) is 0 Å². The van der Waals surface area contributed by atoms with E-state index in [1.54, 1.807) is 6.07 Å². The molecule has 1 aromatic heterocycles. The van der Waals surface area contributed by atoms with Crippen LogP contribution in [0, 0.1) is 10.1 Å². The van der Waals surface area contributed by atoms with Gasteiger partial charge in [-0.1, -0.05) is 11.3 Å². The number of rotatable bonds is 2. The summed E-state index contributed by atoms with van der Waals surface area (Å²) in [6, 6.07) is 3.73. The SMILES string of the molecule is NC1CCC(c2ccc([N+](=O)[O-])s2)C1. The molecule has 14 heavy (non-hydrogen) atoms. The molecular formula is C9H12N2O2S. The Bertz CT molecular complexity index is 350. The first-order chi connectivity index (χ1) is 6.66. The lowest BCUT2D eigenvalue weighted by Gasteiger charge is -2.04. The summed E-state index contributed by atoms with van der Waals surface area (Å²) in [5.74, 6) is 0.448. The topological polar surface area (TPSA) is 69.2 Å². The van der Waals surface area contributed by atoms with E-state index in [1.807, 2.05) is 6.07 Å². The zero-order valence-corrected chi connectivity index (χ0v) is 8.50. The second kappa shape index (κ2) is 3.67. The molecule has 0 bridgehead atoms. The van der Waals surface area contributed by atoms with E-state index < -0.39 is 0 Å². The number of nitro groups is 1. The van der Waals surface area contributed by atoms with Gasteiger partial charge >= 0.3 is 5.00 Å². The highest BCUT2D eigenvalue weighted by atomic mass is 32.1. The molecule has 2 atom stereocenters. The van der Waals surface area contributed by atoms with E-state index in [-0.39, 0.29) is 16.0 Å². The summed E-state index contributed by atoms with van der Waals surface area (Å²) in [6.45, 7) is 0. The minimum Gasteiger partial charge on any atom is -0.328 e. The fraction of sp³-hybridized carbons (Fsp3) is 0.556. The fourth-order valence-corrected chi connectivity index (χ4v) is 2.90. The predicted octanol–water partition coefficient (Wildman–Crippen LogP) is 2.25. The molecular weight excluding hydrogens is 200 g/mol. The van der Waals surface area contributed by atoms with Crippen LogP contribution in [-0.2, 0) is 0 Å². The maximum absolute atomic E-state index is 10.5. The molecule has 76 valence electrons. The van der Waals surface area contributed by atoms with E-state index in [9.17, 15) is 10.1 Å². The van der Waals surface area contributed by atoms with E-state index in [0.29, 0.717) is 5.92 Å². The predicted molar refractivity (Wildman–Crippen MR) is 55.5 cm³/mol. The van der Waals surface area contributed by atoms with Gasteiger partial charge in [-0.05, 0) is 31.2 Å². The van der Waals surface area contributed by atoms with Crippen LogP contribution < -0.4 is 5.73 Å².